The molecule has 10 nitrogen and oxygen atoms in total. The molecular formula is C26H36N4O6. The molecule has 2 aliphatic rings. The standard InChI is InChI=1S/C26H36N4O6/c1-2-3-11-29(12-4-9-27)24(31)16-30-15-19(18-5-7-21-22(14-18)36-17-35-21)25(26(32)33)20(30)6-8-23-28-10-13-34-23/h5,7,10,13-14,19-20,25H,2-4,6,8-9,11-12,15-17,27H2,1H3,(H,32,33)/t19-,20+,25-/m1/s1. The van der Waals surface area contributed by atoms with E-state index in [4.69, 9.17) is 19.6 Å². The number of rotatable bonds is 13. The van der Waals surface area contributed by atoms with Crippen LogP contribution in [0, 0.1) is 5.92 Å². The fraction of sp³-hybridized carbons (Fsp3) is 0.577. The summed E-state index contributed by atoms with van der Waals surface area (Å²) >= 11 is 0. The van der Waals surface area contributed by atoms with Gasteiger partial charge in [0.15, 0.2) is 17.4 Å². The Labute approximate surface area is 211 Å². The Morgan fingerprint density at radius 3 is 2.75 bits per heavy atom. The van der Waals surface area contributed by atoms with Crippen LogP contribution in [-0.4, -0.2) is 77.3 Å². The van der Waals surface area contributed by atoms with Gasteiger partial charge in [-0.3, -0.25) is 14.5 Å². The molecule has 1 saturated heterocycles. The van der Waals surface area contributed by atoms with Crippen LogP contribution in [-0.2, 0) is 16.0 Å². The number of carbonyl (C=O) groups excluding carboxylic acids is 1. The second-order valence-corrected chi connectivity index (χ2v) is 9.42. The molecule has 0 bridgehead atoms. The number of benzene rings is 1. The minimum absolute atomic E-state index is 0.00787. The van der Waals surface area contributed by atoms with E-state index in [1.54, 1.807) is 6.20 Å². The van der Waals surface area contributed by atoms with Crippen molar-refractivity contribution in [1.82, 2.24) is 14.8 Å². The summed E-state index contributed by atoms with van der Waals surface area (Å²) in [5.41, 5.74) is 6.57. The summed E-state index contributed by atoms with van der Waals surface area (Å²) < 4.78 is 16.4. The summed E-state index contributed by atoms with van der Waals surface area (Å²) in [6.45, 7) is 4.67. The number of oxazole rings is 1. The molecule has 2 aliphatic heterocycles. The number of likely N-dealkylation sites (tertiary alicyclic amines) is 1. The van der Waals surface area contributed by atoms with E-state index in [1.165, 1.54) is 6.26 Å². The van der Waals surface area contributed by atoms with Gasteiger partial charge < -0.3 is 29.6 Å². The maximum Gasteiger partial charge on any atom is 0.308 e. The van der Waals surface area contributed by atoms with Crippen molar-refractivity contribution < 1.29 is 28.6 Å². The van der Waals surface area contributed by atoms with Crippen LogP contribution in [0.2, 0.25) is 0 Å². The van der Waals surface area contributed by atoms with Gasteiger partial charge in [-0.2, -0.15) is 0 Å². The molecule has 196 valence electrons. The van der Waals surface area contributed by atoms with E-state index in [2.05, 4.69) is 11.9 Å². The predicted octanol–water partition coefficient (Wildman–Crippen LogP) is 2.48. The minimum Gasteiger partial charge on any atom is -0.481 e. The summed E-state index contributed by atoms with van der Waals surface area (Å²) in [6, 6.07) is 5.25. The topological polar surface area (TPSA) is 131 Å². The average Bonchev–Trinajstić information content (AvgIpc) is 3.62. The molecule has 1 aromatic carbocycles. The molecule has 3 heterocycles. The minimum atomic E-state index is -0.879. The van der Waals surface area contributed by atoms with E-state index < -0.39 is 11.9 Å². The summed E-state index contributed by atoms with van der Waals surface area (Å²) in [5, 5.41) is 10.3. The molecule has 1 aromatic heterocycles. The smallest absolute Gasteiger partial charge is 0.308 e. The third-order valence-electron chi connectivity index (χ3n) is 7.10. The van der Waals surface area contributed by atoms with Gasteiger partial charge in [0, 0.05) is 38.0 Å². The number of aliphatic carboxylic acids is 1. The van der Waals surface area contributed by atoms with Gasteiger partial charge in [-0.15, -0.1) is 0 Å². The van der Waals surface area contributed by atoms with E-state index >= 15 is 0 Å². The number of nitrogens with two attached hydrogens (primary N) is 1. The van der Waals surface area contributed by atoms with Crippen molar-refractivity contribution >= 4 is 11.9 Å². The highest BCUT2D eigenvalue weighted by Crippen LogP contribution is 2.43. The van der Waals surface area contributed by atoms with E-state index in [-0.39, 0.29) is 31.2 Å². The zero-order valence-corrected chi connectivity index (χ0v) is 20.8. The number of ether oxygens (including phenoxy) is 2. The lowest BCUT2D eigenvalue weighted by Gasteiger charge is -2.29. The third kappa shape index (κ3) is 5.99. The number of hydrogen-bond acceptors (Lipinski definition) is 8. The Kier molecular flexibility index (Phi) is 8.82. The zero-order valence-electron chi connectivity index (χ0n) is 20.8. The Morgan fingerprint density at radius 2 is 2.03 bits per heavy atom. The number of aromatic nitrogens is 1. The predicted molar refractivity (Wildman–Crippen MR) is 132 cm³/mol. The fourth-order valence-electron chi connectivity index (χ4n) is 5.25. The summed E-state index contributed by atoms with van der Waals surface area (Å²) in [5.74, 6) is -0.0275. The number of carboxylic acids is 1. The van der Waals surface area contributed by atoms with Crippen LogP contribution in [0.15, 0.2) is 35.1 Å². The third-order valence-corrected chi connectivity index (χ3v) is 7.10. The van der Waals surface area contributed by atoms with Crippen molar-refractivity contribution in [1.29, 1.82) is 0 Å². The quantitative estimate of drug-likeness (QED) is 0.426. The first-order valence-electron chi connectivity index (χ1n) is 12.7. The Balaban J connectivity index is 1.58. The molecule has 0 aliphatic carbocycles. The molecule has 0 unspecified atom stereocenters. The number of fused-ring (bicyclic) bond motifs is 1. The van der Waals surface area contributed by atoms with Crippen LogP contribution >= 0.6 is 0 Å². The first kappa shape index (κ1) is 26.0. The zero-order chi connectivity index (χ0) is 25.5. The number of hydrogen-bond donors (Lipinski definition) is 2. The molecule has 3 N–H and O–H groups in total. The Bertz CT molecular complexity index is 1010. The van der Waals surface area contributed by atoms with Gasteiger partial charge in [-0.05, 0) is 43.5 Å². The van der Waals surface area contributed by atoms with Crippen LogP contribution in [0.25, 0.3) is 0 Å². The van der Waals surface area contributed by atoms with Crippen LogP contribution in [0.4, 0.5) is 0 Å². The first-order chi connectivity index (χ1) is 17.5. The molecular weight excluding hydrogens is 464 g/mol. The Hall–Kier alpha value is -3.11. The lowest BCUT2D eigenvalue weighted by Crippen LogP contribution is -2.45. The van der Waals surface area contributed by atoms with Crippen LogP contribution < -0.4 is 15.2 Å². The van der Waals surface area contributed by atoms with Crippen molar-refractivity contribution in [3.8, 4) is 11.5 Å². The normalized spacial score (nSPS) is 21.1. The number of aryl methyl sites for hydroxylation is 1. The van der Waals surface area contributed by atoms with Gasteiger partial charge in [0.25, 0.3) is 0 Å². The molecule has 1 amide bonds. The van der Waals surface area contributed by atoms with E-state index in [0.717, 1.165) is 24.8 Å². The molecule has 36 heavy (non-hydrogen) atoms. The fourth-order valence-corrected chi connectivity index (χ4v) is 5.25. The molecule has 0 saturated carbocycles. The molecule has 3 atom stereocenters. The summed E-state index contributed by atoms with van der Waals surface area (Å²) in [7, 11) is 0. The highest BCUT2D eigenvalue weighted by molar-refractivity contribution is 5.79. The highest BCUT2D eigenvalue weighted by atomic mass is 16.7. The maximum atomic E-state index is 13.4. The maximum absolute atomic E-state index is 13.4. The summed E-state index contributed by atoms with van der Waals surface area (Å²) in [6.07, 6.45) is 6.75. The van der Waals surface area contributed by atoms with E-state index in [9.17, 15) is 14.7 Å². The second-order valence-electron chi connectivity index (χ2n) is 9.42. The average molecular weight is 501 g/mol. The lowest BCUT2D eigenvalue weighted by molar-refractivity contribution is -0.143. The number of carboxylic acid groups (broad SMARTS) is 1. The number of amides is 1. The molecule has 10 heteroatoms. The summed E-state index contributed by atoms with van der Waals surface area (Å²) in [4.78, 5) is 34.1. The van der Waals surface area contributed by atoms with Crippen molar-refractivity contribution in [2.75, 3.05) is 39.5 Å². The van der Waals surface area contributed by atoms with E-state index in [1.807, 2.05) is 28.0 Å². The second kappa shape index (κ2) is 12.2. The highest BCUT2D eigenvalue weighted by Gasteiger charge is 2.47. The van der Waals surface area contributed by atoms with Crippen molar-refractivity contribution in [2.24, 2.45) is 11.7 Å². The molecule has 1 fully saturated rings. The van der Waals surface area contributed by atoms with Gasteiger partial charge >= 0.3 is 5.97 Å². The van der Waals surface area contributed by atoms with Crippen LogP contribution in [0.1, 0.15) is 50.0 Å². The number of carbonyl (C=O) groups is 2. The van der Waals surface area contributed by atoms with Crippen LogP contribution in [0.3, 0.4) is 0 Å². The molecule has 4 rings (SSSR count). The Morgan fingerprint density at radius 1 is 1.22 bits per heavy atom. The van der Waals surface area contributed by atoms with Crippen molar-refractivity contribution in [2.45, 2.75) is 51.0 Å². The molecule has 0 radical (unpaired) electrons. The molecule has 0 spiro atoms. The monoisotopic (exact) mass is 500 g/mol. The number of unbranched alkanes of at least 4 members (excludes halogenated alkanes) is 1. The van der Waals surface area contributed by atoms with Crippen molar-refractivity contribution in [3.05, 3.63) is 42.1 Å². The van der Waals surface area contributed by atoms with Crippen molar-refractivity contribution in [3.63, 3.8) is 0 Å². The van der Waals surface area contributed by atoms with Gasteiger partial charge in [-0.25, -0.2) is 4.98 Å². The van der Waals surface area contributed by atoms with E-state index in [0.29, 0.717) is 56.4 Å². The largest absolute Gasteiger partial charge is 0.481 e. The van der Waals surface area contributed by atoms with Gasteiger partial charge in [0.2, 0.25) is 12.7 Å². The van der Waals surface area contributed by atoms with Gasteiger partial charge in [0.05, 0.1) is 18.7 Å². The lowest BCUT2D eigenvalue weighted by atomic mass is 9.83. The number of nitrogens with zero attached hydrogens (tertiary/aromatic N) is 3. The molecule has 2 aromatic rings. The van der Waals surface area contributed by atoms with Crippen LogP contribution in [0.5, 0.6) is 11.5 Å². The van der Waals surface area contributed by atoms with Gasteiger partial charge in [-0.1, -0.05) is 19.4 Å². The van der Waals surface area contributed by atoms with Gasteiger partial charge in [0.1, 0.15) is 6.26 Å². The first-order valence-corrected chi connectivity index (χ1v) is 12.7. The SMILES string of the molecule is CCCCN(CCCN)C(=O)CN1C[C@H](c2ccc3c(c2)OCO3)[C@@H](C(=O)O)[C@@H]1CCc1ncco1.